The van der Waals surface area contributed by atoms with Crippen LogP contribution >= 0.6 is 8.60 Å². The van der Waals surface area contributed by atoms with Gasteiger partial charge in [-0.15, -0.1) is 0 Å². The summed E-state index contributed by atoms with van der Waals surface area (Å²) in [6.07, 6.45) is 3.23. The van der Waals surface area contributed by atoms with Gasteiger partial charge in [-0.25, -0.2) is 9.37 Å². The lowest BCUT2D eigenvalue weighted by Crippen LogP contribution is -2.44. The topological polar surface area (TPSA) is 116 Å². The van der Waals surface area contributed by atoms with E-state index in [1.807, 2.05) is 13.8 Å². The van der Waals surface area contributed by atoms with Crippen molar-refractivity contribution in [2.75, 3.05) is 12.3 Å². The minimum atomic E-state index is -1.87. The summed E-state index contributed by atoms with van der Waals surface area (Å²) in [5.41, 5.74) is 4.72. The molecular weight excluding hydrogens is 428 g/mol. The number of ether oxygens (including phenoxy) is 2. The standard InChI is InChI=1S/C19H27FN5O5P/c1-10(2)27-16-13-15(23-18(21)24-16)25(9-22-13)17-19(3,20)14-12(28-17)8-26-31(30-14)29-11-6-4-5-7-11/h9-12,14,17H,4-8H2,1-3H3,(H2,21,23,24)/t12-,14-,17-,19-,31-/m1/s1. The maximum atomic E-state index is 16.1. The van der Waals surface area contributed by atoms with E-state index in [0.29, 0.717) is 11.2 Å². The van der Waals surface area contributed by atoms with Crippen LogP contribution in [-0.2, 0) is 18.3 Å². The minimum Gasteiger partial charge on any atom is -0.473 e. The summed E-state index contributed by atoms with van der Waals surface area (Å²) < 4.78 is 46.9. The second-order valence-electron chi connectivity index (χ2n) is 8.61. The van der Waals surface area contributed by atoms with Crippen LogP contribution in [0.2, 0.25) is 0 Å². The largest absolute Gasteiger partial charge is 0.473 e. The lowest BCUT2D eigenvalue weighted by Gasteiger charge is -2.34. The van der Waals surface area contributed by atoms with Gasteiger partial charge in [0, 0.05) is 0 Å². The van der Waals surface area contributed by atoms with Crippen molar-refractivity contribution in [3.05, 3.63) is 6.33 Å². The van der Waals surface area contributed by atoms with Gasteiger partial charge < -0.3 is 28.8 Å². The summed E-state index contributed by atoms with van der Waals surface area (Å²) in [5.74, 6) is 0.259. The Morgan fingerprint density at radius 1 is 1.32 bits per heavy atom. The van der Waals surface area contributed by atoms with Crippen molar-refractivity contribution in [3.63, 3.8) is 0 Å². The molecule has 1 aliphatic carbocycles. The van der Waals surface area contributed by atoms with E-state index in [1.54, 1.807) is 0 Å². The van der Waals surface area contributed by atoms with Crippen LogP contribution in [-0.4, -0.2) is 56.2 Å². The quantitative estimate of drug-likeness (QED) is 0.677. The molecule has 2 aromatic heterocycles. The van der Waals surface area contributed by atoms with Gasteiger partial charge in [0.1, 0.15) is 12.2 Å². The summed E-state index contributed by atoms with van der Waals surface area (Å²) in [5, 5.41) is 0. The van der Waals surface area contributed by atoms with E-state index >= 15 is 4.39 Å². The van der Waals surface area contributed by atoms with Crippen molar-refractivity contribution < 1.29 is 27.4 Å². The molecule has 2 aromatic rings. The van der Waals surface area contributed by atoms with Crippen LogP contribution in [0.1, 0.15) is 52.7 Å². The predicted octanol–water partition coefficient (Wildman–Crippen LogP) is 3.42. The molecule has 0 spiro atoms. The van der Waals surface area contributed by atoms with E-state index < -0.39 is 32.7 Å². The van der Waals surface area contributed by atoms with Gasteiger partial charge in [-0.1, -0.05) is 12.8 Å². The average Bonchev–Trinajstić information content (AvgIpc) is 3.40. The number of imidazole rings is 1. The summed E-state index contributed by atoms with van der Waals surface area (Å²) in [4.78, 5) is 12.7. The fourth-order valence-electron chi connectivity index (χ4n) is 4.32. The number of halogens is 1. The number of nitrogens with two attached hydrogens (primary N) is 1. The van der Waals surface area contributed by atoms with Crippen LogP contribution in [0.4, 0.5) is 10.3 Å². The fourth-order valence-corrected chi connectivity index (χ4v) is 5.74. The molecule has 0 amide bonds. The summed E-state index contributed by atoms with van der Waals surface area (Å²) in [6.45, 7) is 5.39. The minimum absolute atomic E-state index is 0.00828. The Morgan fingerprint density at radius 3 is 2.84 bits per heavy atom. The zero-order valence-electron chi connectivity index (χ0n) is 17.7. The van der Waals surface area contributed by atoms with Gasteiger partial charge in [0.05, 0.1) is 25.1 Å². The van der Waals surface area contributed by atoms with Crippen LogP contribution in [0, 0.1) is 0 Å². The Hall–Kier alpha value is -1.65. The molecule has 0 aromatic carbocycles. The molecule has 0 bridgehead atoms. The first-order valence-corrected chi connectivity index (χ1v) is 11.7. The first-order valence-electron chi connectivity index (χ1n) is 10.6. The van der Waals surface area contributed by atoms with Crippen molar-refractivity contribution in [2.24, 2.45) is 0 Å². The van der Waals surface area contributed by atoms with Gasteiger partial charge in [0.2, 0.25) is 11.8 Å². The molecule has 5 rings (SSSR count). The van der Waals surface area contributed by atoms with E-state index in [2.05, 4.69) is 15.0 Å². The Kier molecular flexibility index (Phi) is 5.50. The summed E-state index contributed by atoms with van der Waals surface area (Å²) >= 11 is 0. The molecular formula is C19H27FN5O5P. The number of alkyl halides is 1. The smallest absolute Gasteiger partial charge is 0.333 e. The van der Waals surface area contributed by atoms with Crippen LogP contribution in [0.5, 0.6) is 5.88 Å². The van der Waals surface area contributed by atoms with E-state index in [1.165, 1.54) is 17.8 Å². The first kappa shape index (κ1) is 21.2. The van der Waals surface area contributed by atoms with Crippen LogP contribution in [0.3, 0.4) is 0 Å². The van der Waals surface area contributed by atoms with E-state index in [4.69, 9.17) is 28.8 Å². The Labute approximate surface area is 180 Å². The van der Waals surface area contributed by atoms with Crippen LogP contribution in [0.15, 0.2) is 6.33 Å². The molecule has 10 nitrogen and oxygen atoms in total. The second-order valence-corrected chi connectivity index (χ2v) is 9.74. The van der Waals surface area contributed by atoms with E-state index in [9.17, 15) is 0 Å². The molecule has 0 unspecified atom stereocenters. The third-order valence-electron chi connectivity index (χ3n) is 5.77. The summed E-state index contributed by atoms with van der Waals surface area (Å²) in [7, 11) is -1.61. The van der Waals surface area contributed by atoms with Crippen molar-refractivity contribution in [1.29, 1.82) is 0 Å². The van der Waals surface area contributed by atoms with Gasteiger partial charge in [0.25, 0.3) is 0 Å². The molecule has 1 saturated carbocycles. The molecule has 31 heavy (non-hydrogen) atoms. The highest BCUT2D eigenvalue weighted by Gasteiger charge is 2.60. The number of nitrogen functional groups attached to an aromatic ring is 1. The van der Waals surface area contributed by atoms with Crippen molar-refractivity contribution in [2.45, 2.75) is 82.8 Å². The molecule has 3 aliphatic rings. The van der Waals surface area contributed by atoms with Gasteiger partial charge in [-0.2, -0.15) is 9.97 Å². The van der Waals surface area contributed by atoms with Crippen molar-refractivity contribution >= 4 is 25.7 Å². The molecule has 2 saturated heterocycles. The predicted molar refractivity (Wildman–Crippen MR) is 110 cm³/mol. The molecule has 2 aliphatic heterocycles. The lowest BCUT2D eigenvalue weighted by molar-refractivity contribution is -0.0642. The maximum Gasteiger partial charge on any atom is 0.333 e. The molecule has 5 atom stereocenters. The number of rotatable bonds is 5. The monoisotopic (exact) mass is 455 g/mol. The molecule has 4 heterocycles. The average molecular weight is 455 g/mol. The first-order chi connectivity index (χ1) is 14.8. The zero-order chi connectivity index (χ0) is 21.8. The highest BCUT2D eigenvalue weighted by molar-refractivity contribution is 7.41. The number of fused-ring (bicyclic) bond motifs is 2. The third kappa shape index (κ3) is 3.87. The van der Waals surface area contributed by atoms with Crippen LogP contribution < -0.4 is 10.5 Å². The van der Waals surface area contributed by atoms with Crippen LogP contribution in [0.25, 0.3) is 11.2 Å². The van der Waals surface area contributed by atoms with Gasteiger partial charge in [-0.05, 0) is 33.6 Å². The van der Waals surface area contributed by atoms with E-state index in [-0.39, 0.29) is 30.6 Å². The van der Waals surface area contributed by atoms with Gasteiger partial charge in [-0.3, -0.25) is 4.57 Å². The lowest BCUT2D eigenvalue weighted by atomic mass is 9.98. The Balaban J connectivity index is 1.41. The second kappa shape index (κ2) is 8.04. The molecule has 12 heteroatoms. The number of aromatic nitrogens is 4. The van der Waals surface area contributed by atoms with Gasteiger partial charge >= 0.3 is 8.60 Å². The normalized spacial score (nSPS) is 34.0. The fraction of sp³-hybridized carbons (Fsp3) is 0.737. The highest BCUT2D eigenvalue weighted by Crippen LogP contribution is 2.56. The SMILES string of the molecule is CC(C)Oc1nc(N)nc2c1ncn2[C@@H]1O[C@@H]2CO[P@](OC3CCCC3)O[C@H]2[C@@]1(C)F. The van der Waals surface area contributed by atoms with E-state index in [0.717, 1.165) is 25.7 Å². The van der Waals surface area contributed by atoms with Crippen molar-refractivity contribution in [3.8, 4) is 5.88 Å². The highest BCUT2D eigenvalue weighted by atomic mass is 31.2. The molecule has 3 fully saturated rings. The molecule has 0 radical (unpaired) electrons. The molecule has 2 N–H and O–H groups in total. The maximum absolute atomic E-state index is 16.1. The number of hydrogen-bond donors (Lipinski definition) is 1. The zero-order valence-corrected chi connectivity index (χ0v) is 18.6. The Bertz CT molecular complexity index is 953. The summed E-state index contributed by atoms with van der Waals surface area (Å²) in [6, 6.07) is 0. The van der Waals surface area contributed by atoms with Gasteiger partial charge in [0.15, 0.2) is 23.1 Å². The number of nitrogens with zero attached hydrogens (tertiary/aromatic N) is 4. The third-order valence-corrected chi connectivity index (χ3v) is 7.00. The number of anilines is 1. The van der Waals surface area contributed by atoms with Crippen molar-refractivity contribution in [1.82, 2.24) is 19.5 Å². The Morgan fingerprint density at radius 2 is 2.10 bits per heavy atom. The number of hydrogen-bond acceptors (Lipinski definition) is 9. The molecule has 170 valence electrons.